The average Bonchev–Trinajstić information content (AvgIpc) is 3.18. The van der Waals surface area contributed by atoms with E-state index in [0.717, 1.165) is 37.7 Å². The summed E-state index contributed by atoms with van der Waals surface area (Å²) >= 11 is 0. The molecular weight excluding hydrogens is 431 g/mol. The van der Waals surface area contributed by atoms with Gasteiger partial charge in [0.2, 0.25) is 0 Å². The zero-order chi connectivity index (χ0) is 24.0. The molecule has 1 aromatic heterocycles. The van der Waals surface area contributed by atoms with Crippen LogP contribution in [0.2, 0.25) is 0 Å². The lowest BCUT2D eigenvalue weighted by molar-refractivity contribution is -0.137. The summed E-state index contributed by atoms with van der Waals surface area (Å²) in [4.78, 5) is 29.2. The number of nitrogens with zero attached hydrogens (tertiary/aromatic N) is 2. The van der Waals surface area contributed by atoms with Crippen molar-refractivity contribution in [2.75, 3.05) is 13.6 Å². The van der Waals surface area contributed by atoms with E-state index >= 15 is 0 Å². The lowest BCUT2D eigenvalue weighted by Gasteiger charge is -2.50. The van der Waals surface area contributed by atoms with E-state index in [2.05, 4.69) is 24.1 Å². The van der Waals surface area contributed by atoms with Gasteiger partial charge in [-0.15, -0.1) is 0 Å². The second kappa shape index (κ2) is 8.64. The Balaban J connectivity index is 1.36. The molecule has 4 atom stereocenters. The number of amides is 1. The molecule has 1 amide bonds. The van der Waals surface area contributed by atoms with Crippen molar-refractivity contribution < 1.29 is 19.1 Å². The summed E-state index contributed by atoms with van der Waals surface area (Å²) in [6.45, 7) is 2.55. The van der Waals surface area contributed by atoms with Gasteiger partial charge in [0.25, 0.3) is 5.91 Å². The van der Waals surface area contributed by atoms with Crippen molar-refractivity contribution in [3.63, 3.8) is 0 Å². The molecule has 2 aromatic rings. The zero-order valence-corrected chi connectivity index (χ0v) is 19.8. The lowest BCUT2D eigenvalue weighted by atomic mass is 9.54. The predicted molar refractivity (Wildman–Crippen MR) is 128 cm³/mol. The number of carboxylic acid groups (broad SMARTS) is 1. The lowest BCUT2D eigenvalue weighted by Crippen LogP contribution is -2.41. The SMILES string of the molecule is CN(CCC(=O)O)C(=O)c1ccc2c(c1)CCC1C2CC[C@]2(C)C(c3cncc(F)c3)=CCC12. The fraction of sp³-hybridized carbons (Fsp3) is 0.464. The molecule has 1 fully saturated rings. The minimum Gasteiger partial charge on any atom is -0.481 e. The summed E-state index contributed by atoms with van der Waals surface area (Å²) < 4.78 is 13.9. The van der Waals surface area contributed by atoms with Crippen LogP contribution < -0.4 is 0 Å². The van der Waals surface area contributed by atoms with Gasteiger partial charge in [-0.25, -0.2) is 4.39 Å². The first-order valence-corrected chi connectivity index (χ1v) is 12.2. The number of hydrogen-bond donors (Lipinski definition) is 1. The van der Waals surface area contributed by atoms with E-state index in [1.54, 1.807) is 19.3 Å². The molecule has 6 heteroatoms. The number of carboxylic acids is 1. The van der Waals surface area contributed by atoms with Crippen molar-refractivity contribution >= 4 is 17.4 Å². The highest BCUT2D eigenvalue weighted by Gasteiger charge is 2.52. The molecule has 0 aliphatic heterocycles. The van der Waals surface area contributed by atoms with Crippen LogP contribution in [0.25, 0.3) is 5.57 Å². The van der Waals surface area contributed by atoms with E-state index in [-0.39, 0.29) is 30.1 Å². The van der Waals surface area contributed by atoms with Crippen molar-refractivity contribution in [1.82, 2.24) is 9.88 Å². The third kappa shape index (κ3) is 3.83. The minimum absolute atomic E-state index is 0.0386. The maximum atomic E-state index is 13.9. The first-order chi connectivity index (χ1) is 16.3. The van der Waals surface area contributed by atoms with E-state index in [1.807, 2.05) is 12.1 Å². The topological polar surface area (TPSA) is 70.5 Å². The molecule has 34 heavy (non-hydrogen) atoms. The summed E-state index contributed by atoms with van der Waals surface area (Å²) in [5, 5.41) is 8.90. The molecule has 1 aromatic carbocycles. The summed E-state index contributed by atoms with van der Waals surface area (Å²) in [5.41, 5.74) is 5.45. The third-order valence-corrected chi connectivity index (χ3v) is 8.58. The number of aliphatic carboxylic acids is 1. The normalized spacial score (nSPS) is 27.3. The van der Waals surface area contributed by atoms with Gasteiger partial charge >= 0.3 is 5.97 Å². The largest absolute Gasteiger partial charge is 0.481 e. The van der Waals surface area contributed by atoms with Crippen molar-refractivity contribution in [1.29, 1.82) is 0 Å². The van der Waals surface area contributed by atoms with Crippen molar-refractivity contribution in [2.24, 2.45) is 17.3 Å². The summed E-state index contributed by atoms with van der Waals surface area (Å²) in [5.74, 6) is 0.260. The first-order valence-electron chi connectivity index (χ1n) is 12.2. The molecule has 5 rings (SSSR count). The van der Waals surface area contributed by atoms with Crippen LogP contribution in [0, 0.1) is 23.1 Å². The van der Waals surface area contributed by atoms with Crippen LogP contribution in [0.5, 0.6) is 0 Å². The Morgan fingerprint density at radius 3 is 2.82 bits per heavy atom. The Morgan fingerprint density at radius 2 is 2.06 bits per heavy atom. The van der Waals surface area contributed by atoms with Gasteiger partial charge in [0.05, 0.1) is 12.6 Å². The second-order valence-corrected chi connectivity index (χ2v) is 10.4. The number of benzene rings is 1. The number of hydrogen-bond acceptors (Lipinski definition) is 3. The number of aryl methyl sites for hydroxylation is 1. The van der Waals surface area contributed by atoms with E-state index < -0.39 is 5.97 Å². The minimum atomic E-state index is -0.904. The number of aromatic nitrogens is 1. The molecule has 1 N–H and O–H groups in total. The summed E-state index contributed by atoms with van der Waals surface area (Å²) in [7, 11) is 1.65. The second-order valence-electron chi connectivity index (χ2n) is 10.4. The predicted octanol–water partition coefficient (Wildman–Crippen LogP) is 5.32. The monoisotopic (exact) mass is 462 g/mol. The van der Waals surface area contributed by atoms with Crippen LogP contribution in [-0.2, 0) is 11.2 Å². The van der Waals surface area contributed by atoms with E-state index in [1.165, 1.54) is 27.8 Å². The molecule has 0 bridgehead atoms. The Hall–Kier alpha value is -3.02. The van der Waals surface area contributed by atoms with Gasteiger partial charge in [-0.1, -0.05) is 19.1 Å². The molecule has 3 unspecified atom stereocenters. The van der Waals surface area contributed by atoms with Crippen molar-refractivity contribution in [3.05, 3.63) is 70.8 Å². The Labute approximate surface area is 199 Å². The Kier molecular flexibility index (Phi) is 5.78. The fourth-order valence-electron chi connectivity index (χ4n) is 6.87. The summed E-state index contributed by atoms with van der Waals surface area (Å²) in [6.07, 6.45) is 10.5. The van der Waals surface area contributed by atoms with Gasteiger partial charge in [0.15, 0.2) is 0 Å². The molecule has 1 heterocycles. The molecular formula is C28H31FN2O3. The molecule has 5 nitrogen and oxygen atoms in total. The van der Waals surface area contributed by atoms with Gasteiger partial charge in [-0.05, 0) is 95.7 Å². The fourth-order valence-corrected chi connectivity index (χ4v) is 6.87. The number of fused-ring (bicyclic) bond motifs is 5. The molecule has 0 saturated heterocycles. The highest BCUT2D eigenvalue weighted by atomic mass is 19.1. The first kappa shape index (κ1) is 22.8. The third-order valence-electron chi connectivity index (χ3n) is 8.58. The van der Waals surface area contributed by atoms with Crippen LogP contribution in [-0.4, -0.2) is 40.5 Å². The maximum Gasteiger partial charge on any atom is 0.305 e. The maximum absolute atomic E-state index is 13.9. The molecule has 178 valence electrons. The van der Waals surface area contributed by atoms with Crippen LogP contribution >= 0.6 is 0 Å². The molecule has 3 aliphatic carbocycles. The van der Waals surface area contributed by atoms with Crippen LogP contribution in [0.15, 0.2) is 42.7 Å². The van der Waals surface area contributed by atoms with Crippen molar-refractivity contribution in [2.45, 2.75) is 51.4 Å². The highest BCUT2D eigenvalue weighted by molar-refractivity contribution is 5.94. The number of allylic oxidation sites excluding steroid dienone is 2. The number of halogens is 1. The van der Waals surface area contributed by atoms with Crippen LogP contribution in [0.3, 0.4) is 0 Å². The summed E-state index contributed by atoms with van der Waals surface area (Å²) in [6, 6.07) is 7.68. The number of pyridine rings is 1. The standard InChI is InChI=1S/C28H31FN2O3/c1-28-11-9-22-21-5-4-18(27(34)31(2)12-10-26(32)33)13-17(21)3-6-23(22)25(28)8-7-24(28)19-14-20(29)16-30-15-19/h4-5,7,13-16,22-23,25H,3,6,8-12H2,1-2H3,(H,32,33)/t22?,23?,25?,28-/m1/s1. The van der Waals surface area contributed by atoms with Gasteiger partial charge in [0, 0.05) is 25.4 Å². The van der Waals surface area contributed by atoms with Crippen LogP contribution in [0.4, 0.5) is 4.39 Å². The molecule has 0 spiro atoms. The molecule has 3 aliphatic rings. The molecule has 0 radical (unpaired) electrons. The zero-order valence-electron chi connectivity index (χ0n) is 19.8. The number of carbonyl (C=O) groups is 2. The smallest absolute Gasteiger partial charge is 0.305 e. The van der Waals surface area contributed by atoms with E-state index in [9.17, 15) is 14.0 Å². The Bertz CT molecular complexity index is 1180. The van der Waals surface area contributed by atoms with Crippen molar-refractivity contribution in [3.8, 4) is 0 Å². The van der Waals surface area contributed by atoms with E-state index in [4.69, 9.17) is 5.11 Å². The quantitative estimate of drug-likeness (QED) is 0.653. The van der Waals surface area contributed by atoms with Gasteiger partial charge < -0.3 is 10.0 Å². The van der Waals surface area contributed by atoms with Gasteiger partial charge in [0.1, 0.15) is 5.82 Å². The van der Waals surface area contributed by atoms with Crippen LogP contribution in [0.1, 0.15) is 72.0 Å². The average molecular weight is 463 g/mol. The van der Waals surface area contributed by atoms with E-state index in [0.29, 0.717) is 23.3 Å². The Morgan fingerprint density at radius 1 is 1.24 bits per heavy atom. The number of rotatable bonds is 5. The van der Waals surface area contributed by atoms with Gasteiger partial charge in [-0.3, -0.25) is 14.6 Å². The number of carbonyl (C=O) groups excluding carboxylic acids is 1. The van der Waals surface area contributed by atoms with Gasteiger partial charge in [-0.2, -0.15) is 0 Å². The highest BCUT2D eigenvalue weighted by Crippen LogP contribution is 2.63. The molecule has 1 saturated carbocycles.